The Kier molecular flexibility index (Phi) is 56.4. The van der Waals surface area contributed by atoms with Crippen molar-refractivity contribution in [2.75, 3.05) is 40.9 Å². The van der Waals surface area contributed by atoms with Gasteiger partial charge in [-0.25, -0.2) is 0 Å². The first-order chi connectivity index (χ1) is 36.0. The van der Waals surface area contributed by atoms with E-state index in [2.05, 4.69) is 19.2 Å². The Morgan fingerprint density at radius 3 is 1.01 bits per heavy atom. The third kappa shape index (κ3) is 58.9. The summed E-state index contributed by atoms with van der Waals surface area (Å²) in [5.74, 6) is -0.188. The van der Waals surface area contributed by atoms with Crippen LogP contribution in [0.1, 0.15) is 348 Å². The van der Waals surface area contributed by atoms with Gasteiger partial charge >= 0.3 is 0 Å². The minimum atomic E-state index is -4.60. The molecule has 8 nitrogen and oxygen atoms in total. The zero-order valence-electron chi connectivity index (χ0n) is 50.6. The summed E-state index contributed by atoms with van der Waals surface area (Å²) in [4.78, 5) is 25.6. The number of allylic oxidation sites excluding steroid dienone is 1. The molecule has 0 radical (unpaired) electrons. The Morgan fingerprint density at radius 2 is 0.730 bits per heavy atom. The van der Waals surface area contributed by atoms with Crippen LogP contribution in [0.15, 0.2) is 12.2 Å². The van der Waals surface area contributed by atoms with Crippen molar-refractivity contribution >= 4 is 13.7 Å². The van der Waals surface area contributed by atoms with Crippen LogP contribution >= 0.6 is 7.82 Å². The molecule has 0 rings (SSSR count). The summed E-state index contributed by atoms with van der Waals surface area (Å²) in [7, 11) is 1.28. The predicted octanol–water partition coefficient (Wildman–Crippen LogP) is 19.9. The van der Waals surface area contributed by atoms with Crippen molar-refractivity contribution in [3.05, 3.63) is 12.2 Å². The minimum Gasteiger partial charge on any atom is -0.756 e. The van der Waals surface area contributed by atoms with Gasteiger partial charge in [-0.3, -0.25) is 9.36 Å². The second-order valence-electron chi connectivity index (χ2n) is 24.2. The number of nitrogens with one attached hydrogen (secondary N) is 1. The Labute approximate surface area is 462 Å². The Morgan fingerprint density at radius 1 is 0.459 bits per heavy atom. The standard InChI is InChI=1S/C65H131N2O6P/c1-6-8-10-12-14-16-18-20-22-24-26-28-30-32-34-36-38-40-42-44-46-48-50-52-54-56-58-64(68)63(62-73-74(70,71)72-61-60-67(3,4)5)66-65(69)59-57-55-53-51-49-47-45-43-41-39-37-35-33-31-29-27-25-23-21-19-17-15-13-11-9-7-2/h56,58,63-64,68H,6-55,57,59-62H2,1-5H3,(H-,66,69,70,71)/b58-56+. The lowest BCUT2D eigenvalue weighted by Gasteiger charge is -2.29. The summed E-state index contributed by atoms with van der Waals surface area (Å²) < 4.78 is 23.4. The molecule has 74 heavy (non-hydrogen) atoms. The van der Waals surface area contributed by atoms with Gasteiger partial charge in [-0.05, 0) is 19.3 Å². The van der Waals surface area contributed by atoms with E-state index in [-0.39, 0.29) is 19.1 Å². The number of phosphoric acid groups is 1. The zero-order chi connectivity index (χ0) is 54.2. The molecule has 0 aromatic heterocycles. The van der Waals surface area contributed by atoms with E-state index in [9.17, 15) is 19.4 Å². The van der Waals surface area contributed by atoms with Crippen LogP contribution in [-0.2, 0) is 18.4 Å². The number of nitrogens with zero attached hydrogens (tertiary/aromatic N) is 1. The van der Waals surface area contributed by atoms with Gasteiger partial charge in [0.1, 0.15) is 13.2 Å². The van der Waals surface area contributed by atoms with Crippen molar-refractivity contribution in [1.29, 1.82) is 0 Å². The summed E-state index contributed by atoms with van der Waals surface area (Å²) in [6.45, 7) is 4.72. The van der Waals surface area contributed by atoms with Crippen molar-refractivity contribution in [2.45, 2.75) is 360 Å². The molecule has 0 bridgehead atoms. The van der Waals surface area contributed by atoms with Gasteiger partial charge in [0.15, 0.2) is 0 Å². The number of amides is 1. The molecular weight excluding hydrogens is 936 g/mol. The normalized spacial score (nSPS) is 13.8. The number of carbonyl (C=O) groups is 1. The minimum absolute atomic E-state index is 0.00294. The number of carbonyl (C=O) groups excluding carboxylic acids is 1. The maximum absolute atomic E-state index is 13.0. The molecule has 3 unspecified atom stereocenters. The maximum atomic E-state index is 13.0. The molecule has 2 N–H and O–H groups in total. The molecule has 0 heterocycles. The van der Waals surface area contributed by atoms with E-state index in [1.807, 2.05) is 27.2 Å². The molecule has 3 atom stereocenters. The van der Waals surface area contributed by atoms with E-state index in [1.54, 1.807) is 6.08 Å². The Balaban J connectivity index is 4.08. The summed E-state index contributed by atoms with van der Waals surface area (Å²) in [5, 5.41) is 14.0. The predicted molar refractivity (Wildman–Crippen MR) is 321 cm³/mol. The average molecular weight is 1070 g/mol. The topological polar surface area (TPSA) is 108 Å². The van der Waals surface area contributed by atoms with Gasteiger partial charge in [0.05, 0.1) is 39.9 Å². The number of aliphatic hydroxyl groups excluding tert-OH is 1. The number of hydrogen-bond donors (Lipinski definition) is 2. The fraction of sp³-hybridized carbons (Fsp3) is 0.954. The van der Waals surface area contributed by atoms with Gasteiger partial charge in [-0.1, -0.05) is 334 Å². The highest BCUT2D eigenvalue weighted by Crippen LogP contribution is 2.38. The maximum Gasteiger partial charge on any atom is 0.268 e. The zero-order valence-corrected chi connectivity index (χ0v) is 51.5. The molecule has 0 spiro atoms. The van der Waals surface area contributed by atoms with Crippen LogP contribution in [0.4, 0.5) is 0 Å². The Bertz CT molecular complexity index is 1210. The first-order valence-corrected chi connectivity index (χ1v) is 34.5. The molecule has 0 aliphatic rings. The highest BCUT2D eigenvalue weighted by molar-refractivity contribution is 7.45. The number of hydrogen-bond acceptors (Lipinski definition) is 6. The largest absolute Gasteiger partial charge is 0.756 e. The fourth-order valence-corrected chi connectivity index (χ4v) is 11.1. The summed E-state index contributed by atoms with van der Waals surface area (Å²) in [5.41, 5.74) is 0. The lowest BCUT2D eigenvalue weighted by Crippen LogP contribution is -2.45. The molecule has 9 heteroatoms. The number of aliphatic hydroxyl groups is 1. The lowest BCUT2D eigenvalue weighted by molar-refractivity contribution is -0.870. The molecule has 0 aromatic rings. The highest BCUT2D eigenvalue weighted by Gasteiger charge is 2.23. The number of rotatable bonds is 62. The van der Waals surface area contributed by atoms with E-state index >= 15 is 0 Å². The number of unbranched alkanes of at least 4 members (excludes halogenated alkanes) is 49. The molecule has 0 aliphatic heterocycles. The van der Waals surface area contributed by atoms with Gasteiger partial charge in [0, 0.05) is 6.42 Å². The monoisotopic (exact) mass is 1070 g/mol. The third-order valence-corrected chi connectivity index (χ3v) is 16.5. The highest BCUT2D eigenvalue weighted by atomic mass is 31.2. The third-order valence-electron chi connectivity index (χ3n) is 15.5. The molecule has 0 aromatic carbocycles. The molecular formula is C65H131N2O6P. The van der Waals surface area contributed by atoms with E-state index < -0.39 is 20.0 Å². The fourth-order valence-electron chi connectivity index (χ4n) is 10.3. The molecule has 0 saturated heterocycles. The second-order valence-corrected chi connectivity index (χ2v) is 25.6. The van der Waals surface area contributed by atoms with E-state index in [0.29, 0.717) is 17.4 Å². The SMILES string of the molecule is CCCCCCCCCCCCCCCCCCCCCCCCCC/C=C/C(O)C(COP(=O)([O-])OCC[N+](C)(C)C)NC(=O)CCCCCCCCCCCCCCCCCCCCCCCCCCCC. The molecule has 0 fully saturated rings. The van der Waals surface area contributed by atoms with Gasteiger partial charge in [-0.2, -0.15) is 0 Å². The first kappa shape index (κ1) is 73.2. The van der Waals surface area contributed by atoms with Crippen molar-refractivity contribution < 1.29 is 32.9 Å². The van der Waals surface area contributed by atoms with Gasteiger partial charge < -0.3 is 28.8 Å². The quantitative estimate of drug-likeness (QED) is 0.0272. The van der Waals surface area contributed by atoms with Crippen LogP contribution in [0, 0.1) is 0 Å². The smallest absolute Gasteiger partial charge is 0.268 e. The van der Waals surface area contributed by atoms with E-state index in [1.165, 1.54) is 289 Å². The average Bonchev–Trinajstić information content (AvgIpc) is 3.36. The van der Waals surface area contributed by atoms with Crippen molar-refractivity contribution in [2.24, 2.45) is 0 Å². The van der Waals surface area contributed by atoms with E-state index in [4.69, 9.17) is 9.05 Å². The van der Waals surface area contributed by atoms with Crippen LogP contribution in [0.3, 0.4) is 0 Å². The molecule has 1 amide bonds. The van der Waals surface area contributed by atoms with Crippen LogP contribution < -0.4 is 10.2 Å². The summed E-state index contributed by atoms with van der Waals surface area (Å²) in [6.07, 6.45) is 71.7. The van der Waals surface area contributed by atoms with Crippen molar-refractivity contribution in [1.82, 2.24) is 5.32 Å². The van der Waals surface area contributed by atoms with Crippen LogP contribution in [0.25, 0.3) is 0 Å². The van der Waals surface area contributed by atoms with Crippen LogP contribution in [0.5, 0.6) is 0 Å². The van der Waals surface area contributed by atoms with Gasteiger partial charge in [-0.15, -0.1) is 0 Å². The van der Waals surface area contributed by atoms with Crippen LogP contribution in [-0.4, -0.2) is 68.5 Å². The Hall–Kier alpha value is -0.760. The summed E-state index contributed by atoms with van der Waals surface area (Å²) in [6, 6.07) is -0.883. The van der Waals surface area contributed by atoms with Crippen LogP contribution in [0.2, 0.25) is 0 Å². The van der Waals surface area contributed by atoms with Gasteiger partial charge in [0.25, 0.3) is 7.82 Å². The summed E-state index contributed by atoms with van der Waals surface area (Å²) >= 11 is 0. The number of likely N-dealkylation sites (N-methyl/N-ethyl adjacent to an activating group) is 1. The van der Waals surface area contributed by atoms with Gasteiger partial charge in [0.2, 0.25) is 5.91 Å². The number of quaternary nitrogens is 1. The number of phosphoric ester groups is 1. The molecule has 0 aliphatic carbocycles. The first-order valence-electron chi connectivity index (χ1n) is 33.1. The van der Waals surface area contributed by atoms with Crippen molar-refractivity contribution in [3.8, 4) is 0 Å². The molecule has 442 valence electrons. The lowest BCUT2D eigenvalue weighted by atomic mass is 10.0. The van der Waals surface area contributed by atoms with Crippen molar-refractivity contribution in [3.63, 3.8) is 0 Å². The molecule has 0 saturated carbocycles. The van der Waals surface area contributed by atoms with E-state index in [0.717, 1.165) is 38.5 Å². The second kappa shape index (κ2) is 56.9.